The number of benzene rings is 1. The maximum atomic E-state index is 11.0. The van der Waals surface area contributed by atoms with E-state index < -0.39 is 9.84 Å². The number of halogens is 2. The van der Waals surface area contributed by atoms with Gasteiger partial charge in [0.05, 0.1) is 25.5 Å². The number of guanidine groups is 1. The second-order valence-corrected chi connectivity index (χ2v) is 8.63. The van der Waals surface area contributed by atoms with Crippen LogP contribution in [-0.4, -0.2) is 77.2 Å². The predicted octanol–water partition coefficient (Wildman–Crippen LogP) is 1.46. The first-order valence-corrected chi connectivity index (χ1v) is 10.6. The van der Waals surface area contributed by atoms with E-state index in [0.29, 0.717) is 19.1 Å². The van der Waals surface area contributed by atoms with Crippen molar-refractivity contribution in [3.8, 4) is 0 Å². The van der Waals surface area contributed by atoms with E-state index in [1.165, 1.54) is 6.26 Å². The van der Waals surface area contributed by atoms with Crippen molar-refractivity contribution in [2.24, 2.45) is 10.7 Å². The molecule has 1 aliphatic heterocycles. The van der Waals surface area contributed by atoms with E-state index in [2.05, 4.69) is 9.89 Å². The maximum absolute atomic E-state index is 11.0. The van der Waals surface area contributed by atoms with Gasteiger partial charge in [0.15, 0.2) is 5.96 Å². The third-order valence-corrected chi connectivity index (χ3v) is 5.06. The van der Waals surface area contributed by atoms with Crippen molar-refractivity contribution < 1.29 is 13.2 Å². The first kappa shape index (κ1) is 23.3. The molecule has 0 amide bonds. The molecule has 0 atom stereocenters. The van der Waals surface area contributed by atoms with Crippen LogP contribution in [0, 0.1) is 0 Å². The number of sulfone groups is 1. The molecule has 0 spiro atoms. The van der Waals surface area contributed by atoms with Crippen molar-refractivity contribution in [2.45, 2.75) is 0 Å². The second-order valence-electron chi connectivity index (χ2n) is 5.93. The molecule has 0 aliphatic carbocycles. The molecule has 1 heterocycles. The van der Waals surface area contributed by atoms with E-state index in [4.69, 9.17) is 22.1 Å². The number of hydrogen-bond donors (Lipinski definition) is 1. The smallest absolute Gasteiger partial charge is 0.191 e. The minimum absolute atomic E-state index is 0. The number of piperazine rings is 1. The lowest BCUT2D eigenvalue weighted by Crippen LogP contribution is -2.51. The normalized spacial score (nSPS) is 15.7. The van der Waals surface area contributed by atoms with Crippen LogP contribution in [0.4, 0.5) is 5.69 Å². The zero-order chi connectivity index (χ0) is 18.3. The van der Waals surface area contributed by atoms with Crippen LogP contribution in [0.1, 0.15) is 0 Å². The Morgan fingerprint density at radius 1 is 1.19 bits per heavy atom. The van der Waals surface area contributed by atoms with Gasteiger partial charge in [-0.3, -0.25) is 4.99 Å². The van der Waals surface area contributed by atoms with Gasteiger partial charge in [0.25, 0.3) is 0 Å². The van der Waals surface area contributed by atoms with Crippen LogP contribution in [0.15, 0.2) is 29.3 Å². The number of nitrogens with zero attached hydrogens (tertiary/aromatic N) is 3. The summed E-state index contributed by atoms with van der Waals surface area (Å²) in [6, 6.07) is 7.82. The SMILES string of the molecule is CS(=O)(=O)CCOCCN=C(N)N1CCN(c2ccc(Cl)cc2)CC1.I. The van der Waals surface area contributed by atoms with Gasteiger partial charge in [-0.25, -0.2) is 8.42 Å². The maximum Gasteiger partial charge on any atom is 0.191 e. The molecule has 1 aromatic rings. The van der Waals surface area contributed by atoms with E-state index in [1.54, 1.807) is 0 Å². The summed E-state index contributed by atoms with van der Waals surface area (Å²) in [5.41, 5.74) is 7.18. The average molecular weight is 517 g/mol. The topological polar surface area (TPSA) is 88.2 Å². The number of nitrogens with two attached hydrogens (primary N) is 1. The molecule has 148 valence electrons. The summed E-state index contributed by atoms with van der Waals surface area (Å²) in [6.07, 6.45) is 1.19. The number of anilines is 1. The first-order chi connectivity index (χ1) is 11.8. The van der Waals surface area contributed by atoms with E-state index in [9.17, 15) is 8.42 Å². The Bertz CT molecular complexity index is 677. The van der Waals surface area contributed by atoms with Gasteiger partial charge in [-0.15, -0.1) is 24.0 Å². The van der Waals surface area contributed by atoms with E-state index in [1.807, 2.05) is 29.2 Å². The lowest BCUT2D eigenvalue weighted by molar-refractivity contribution is 0.157. The van der Waals surface area contributed by atoms with Crippen LogP contribution in [-0.2, 0) is 14.6 Å². The van der Waals surface area contributed by atoms with Crippen molar-refractivity contribution >= 4 is 57.1 Å². The van der Waals surface area contributed by atoms with Crippen LogP contribution < -0.4 is 10.6 Å². The number of rotatable bonds is 7. The molecule has 10 heteroatoms. The molecular weight excluding hydrogens is 491 g/mol. The van der Waals surface area contributed by atoms with Gasteiger partial charge in [-0.1, -0.05) is 11.6 Å². The minimum atomic E-state index is -2.98. The Hall–Kier alpha value is -0.780. The molecule has 1 saturated heterocycles. The van der Waals surface area contributed by atoms with Gasteiger partial charge < -0.3 is 20.3 Å². The molecule has 1 fully saturated rings. The second kappa shape index (κ2) is 11.2. The highest BCUT2D eigenvalue weighted by Crippen LogP contribution is 2.19. The number of hydrogen-bond acceptors (Lipinski definition) is 5. The van der Waals surface area contributed by atoms with Crippen molar-refractivity contribution in [3.63, 3.8) is 0 Å². The van der Waals surface area contributed by atoms with Gasteiger partial charge >= 0.3 is 0 Å². The largest absolute Gasteiger partial charge is 0.378 e. The Kier molecular flexibility index (Phi) is 9.98. The summed E-state index contributed by atoms with van der Waals surface area (Å²) in [7, 11) is -2.98. The van der Waals surface area contributed by atoms with Crippen molar-refractivity contribution in [1.29, 1.82) is 0 Å². The lowest BCUT2D eigenvalue weighted by atomic mass is 10.2. The summed E-state index contributed by atoms with van der Waals surface area (Å²) in [5, 5.41) is 0.734. The quantitative estimate of drug-likeness (QED) is 0.255. The molecule has 0 saturated carbocycles. The van der Waals surface area contributed by atoms with Crippen molar-refractivity contribution in [3.05, 3.63) is 29.3 Å². The molecular formula is C16H26ClIN4O3S. The monoisotopic (exact) mass is 516 g/mol. The zero-order valence-corrected chi connectivity index (χ0v) is 18.7. The Balaban J connectivity index is 0.00000338. The molecule has 0 radical (unpaired) electrons. The molecule has 0 aromatic heterocycles. The van der Waals surface area contributed by atoms with E-state index in [-0.39, 0.29) is 36.3 Å². The highest BCUT2D eigenvalue weighted by atomic mass is 127. The molecule has 2 N–H and O–H groups in total. The van der Waals surface area contributed by atoms with E-state index >= 15 is 0 Å². The fourth-order valence-electron chi connectivity index (χ4n) is 2.48. The highest BCUT2D eigenvalue weighted by molar-refractivity contribution is 14.0. The standard InChI is InChI=1S/C16H25ClN4O3S.HI/c1-25(22,23)13-12-24-11-6-19-16(18)21-9-7-20(8-10-21)15-4-2-14(17)3-5-15;/h2-5H,6-13H2,1H3,(H2,18,19);1H. The van der Waals surface area contributed by atoms with Crippen LogP contribution in [0.3, 0.4) is 0 Å². The van der Waals surface area contributed by atoms with Gasteiger partial charge in [0.2, 0.25) is 0 Å². The molecule has 0 unspecified atom stereocenters. The third kappa shape index (κ3) is 8.28. The minimum Gasteiger partial charge on any atom is -0.378 e. The molecule has 1 aliphatic rings. The van der Waals surface area contributed by atoms with Crippen molar-refractivity contribution in [2.75, 3.05) is 62.8 Å². The number of ether oxygens (including phenoxy) is 1. The van der Waals surface area contributed by atoms with Crippen LogP contribution in [0.25, 0.3) is 0 Å². The van der Waals surface area contributed by atoms with Crippen LogP contribution in [0.5, 0.6) is 0 Å². The Morgan fingerprint density at radius 2 is 1.81 bits per heavy atom. The molecule has 7 nitrogen and oxygen atoms in total. The molecule has 26 heavy (non-hydrogen) atoms. The molecule has 2 rings (SSSR count). The molecule has 1 aromatic carbocycles. The van der Waals surface area contributed by atoms with E-state index in [0.717, 1.165) is 36.9 Å². The summed E-state index contributed by atoms with van der Waals surface area (Å²) in [6.45, 7) is 4.30. The summed E-state index contributed by atoms with van der Waals surface area (Å²) < 4.78 is 27.2. The van der Waals surface area contributed by atoms with Crippen LogP contribution >= 0.6 is 35.6 Å². The average Bonchev–Trinajstić information content (AvgIpc) is 2.58. The van der Waals surface area contributed by atoms with Gasteiger partial charge in [-0.05, 0) is 24.3 Å². The Morgan fingerprint density at radius 3 is 2.38 bits per heavy atom. The Labute approximate surface area is 177 Å². The lowest BCUT2D eigenvalue weighted by Gasteiger charge is -2.36. The summed E-state index contributed by atoms with van der Waals surface area (Å²) in [5.74, 6) is 0.529. The fourth-order valence-corrected chi connectivity index (χ4v) is 3.03. The van der Waals surface area contributed by atoms with Crippen LogP contribution in [0.2, 0.25) is 5.02 Å². The zero-order valence-electron chi connectivity index (χ0n) is 14.8. The van der Waals surface area contributed by atoms with Crippen molar-refractivity contribution in [1.82, 2.24) is 4.90 Å². The highest BCUT2D eigenvalue weighted by Gasteiger charge is 2.18. The van der Waals surface area contributed by atoms with Gasteiger partial charge in [0, 0.05) is 43.1 Å². The number of aliphatic imine (C=N–C) groups is 1. The predicted molar refractivity (Wildman–Crippen MR) is 118 cm³/mol. The van der Waals surface area contributed by atoms with Gasteiger partial charge in [0.1, 0.15) is 9.84 Å². The summed E-state index contributed by atoms with van der Waals surface area (Å²) in [4.78, 5) is 8.63. The fraction of sp³-hybridized carbons (Fsp3) is 0.562. The summed E-state index contributed by atoms with van der Waals surface area (Å²) >= 11 is 5.92. The first-order valence-electron chi connectivity index (χ1n) is 8.16. The third-order valence-electron chi connectivity index (χ3n) is 3.90. The van der Waals surface area contributed by atoms with Gasteiger partial charge in [-0.2, -0.15) is 0 Å². The molecule has 0 bridgehead atoms.